The summed E-state index contributed by atoms with van der Waals surface area (Å²) in [7, 11) is 1.60. The summed E-state index contributed by atoms with van der Waals surface area (Å²) in [5.41, 5.74) is 2.64. The molecule has 0 saturated heterocycles. The van der Waals surface area contributed by atoms with Gasteiger partial charge in [0.1, 0.15) is 18.1 Å². The van der Waals surface area contributed by atoms with Gasteiger partial charge in [0, 0.05) is 22.2 Å². The fourth-order valence-corrected chi connectivity index (χ4v) is 3.34. The Morgan fingerprint density at radius 1 is 1.03 bits per heavy atom. The average Bonchev–Trinajstić information content (AvgIpc) is 2.77. The van der Waals surface area contributed by atoms with Crippen LogP contribution in [0.3, 0.4) is 0 Å². The van der Waals surface area contributed by atoms with Crippen LogP contribution in [-0.4, -0.2) is 19.1 Å². The molecule has 0 bridgehead atoms. The van der Waals surface area contributed by atoms with Crippen LogP contribution in [0.15, 0.2) is 72.8 Å². The van der Waals surface area contributed by atoms with Crippen LogP contribution < -0.4 is 14.8 Å². The first kappa shape index (κ1) is 21.7. The smallest absolute Gasteiger partial charge is 0.251 e. The number of hydrogen-bond acceptors (Lipinski definition) is 3. The molecule has 0 spiro atoms. The molecule has 0 fully saturated rings. The number of halogens is 1. The lowest BCUT2D eigenvalue weighted by Gasteiger charge is -2.16. The van der Waals surface area contributed by atoms with Crippen molar-refractivity contribution in [3.05, 3.63) is 94.5 Å². The molecule has 1 atom stereocenters. The summed E-state index contributed by atoms with van der Waals surface area (Å²) < 4.78 is 11.2. The van der Waals surface area contributed by atoms with Crippen molar-refractivity contribution in [2.75, 3.05) is 7.11 Å². The van der Waals surface area contributed by atoms with E-state index in [-0.39, 0.29) is 18.6 Å². The van der Waals surface area contributed by atoms with Crippen LogP contribution >= 0.6 is 11.6 Å². The third kappa shape index (κ3) is 6.26. The fraction of sp³-hybridized carbons (Fsp3) is 0.240. The van der Waals surface area contributed by atoms with Crippen molar-refractivity contribution in [1.82, 2.24) is 5.32 Å². The number of amides is 1. The van der Waals surface area contributed by atoms with E-state index in [2.05, 4.69) is 17.4 Å². The highest BCUT2D eigenvalue weighted by Crippen LogP contribution is 2.24. The van der Waals surface area contributed by atoms with Gasteiger partial charge in [-0.15, -0.1) is 0 Å². The summed E-state index contributed by atoms with van der Waals surface area (Å²) in [6.45, 7) is 2.29. The Balaban J connectivity index is 1.61. The molecule has 0 aliphatic rings. The third-order valence-corrected chi connectivity index (χ3v) is 5.05. The second-order valence-electron chi connectivity index (χ2n) is 7.17. The van der Waals surface area contributed by atoms with Gasteiger partial charge in [-0.25, -0.2) is 0 Å². The summed E-state index contributed by atoms with van der Waals surface area (Å²) >= 11 is 6.01. The molecular weight excluding hydrogens is 398 g/mol. The van der Waals surface area contributed by atoms with E-state index in [1.54, 1.807) is 31.4 Å². The molecule has 0 aliphatic heterocycles. The summed E-state index contributed by atoms with van der Waals surface area (Å²) in [5, 5.41) is 3.68. The minimum Gasteiger partial charge on any atom is -0.496 e. The Hall–Kier alpha value is -2.98. The SMILES string of the molecule is COc1ccc(C(=O)N[C@@H](C)CCc2ccccc2)cc1COc1cccc(Cl)c1. The first-order valence-electron chi connectivity index (χ1n) is 9.95. The Labute approximate surface area is 182 Å². The van der Waals surface area contributed by atoms with E-state index in [0.29, 0.717) is 22.1 Å². The molecular formula is C25H26ClNO3. The van der Waals surface area contributed by atoms with Gasteiger partial charge in [-0.3, -0.25) is 4.79 Å². The van der Waals surface area contributed by atoms with E-state index in [0.717, 1.165) is 18.4 Å². The van der Waals surface area contributed by atoms with Gasteiger partial charge in [0.2, 0.25) is 0 Å². The third-order valence-electron chi connectivity index (χ3n) is 4.82. The van der Waals surface area contributed by atoms with Crippen molar-refractivity contribution in [2.45, 2.75) is 32.4 Å². The number of methoxy groups -OCH3 is 1. The Morgan fingerprint density at radius 2 is 1.83 bits per heavy atom. The number of nitrogens with one attached hydrogen (secondary N) is 1. The number of hydrogen-bond donors (Lipinski definition) is 1. The van der Waals surface area contributed by atoms with Gasteiger partial charge < -0.3 is 14.8 Å². The minimum absolute atomic E-state index is 0.0611. The molecule has 0 aromatic heterocycles. The molecule has 3 aromatic rings. The van der Waals surface area contributed by atoms with E-state index in [9.17, 15) is 4.79 Å². The molecule has 1 amide bonds. The maximum atomic E-state index is 12.7. The summed E-state index contributed by atoms with van der Waals surface area (Å²) in [4.78, 5) is 12.7. The van der Waals surface area contributed by atoms with Crippen molar-refractivity contribution < 1.29 is 14.3 Å². The van der Waals surface area contributed by atoms with E-state index in [1.807, 2.05) is 43.3 Å². The number of rotatable bonds is 9. The lowest BCUT2D eigenvalue weighted by atomic mass is 10.1. The fourth-order valence-electron chi connectivity index (χ4n) is 3.16. The summed E-state index contributed by atoms with van der Waals surface area (Å²) in [6, 6.07) is 22.9. The molecule has 5 heteroatoms. The van der Waals surface area contributed by atoms with E-state index < -0.39 is 0 Å². The number of aryl methyl sites for hydroxylation is 1. The van der Waals surface area contributed by atoms with Gasteiger partial charge in [-0.05, 0) is 61.7 Å². The molecule has 30 heavy (non-hydrogen) atoms. The summed E-state index contributed by atoms with van der Waals surface area (Å²) in [6.07, 6.45) is 1.79. The van der Waals surface area contributed by atoms with Gasteiger partial charge in [0.25, 0.3) is 5.91 Å². The molecule has 1 N–H and O–H groups in total. The quantitative estimate of drug-likeness (QED) is 0.481. The van der Waals surface area contributed by atoms with E-state index in [4.69, 9.17) is 21.1 Å². The highest BCUT2D eigenvalue weighted by Gasteiger charge is 2.13. The van der Waals surface area contributed by atoms with Crippen molar-refractivity contribution in [3.8, 4) is 11.5 Å². The first-order chi connectivity index (χ1) is 14.5. The maximum absolute atomic E-state index is 12.7. The summed E-state index contributed by atoms with van der Waals surface area (Å²) in [5.74, 6) is 1.22. The number of ether oxygens (including phenoxy) is 2. The van der Waals surface area contributed by atoms with Crippen molar-refractivity contribution in [2.24, 2.45) is 0 Å². The van der Waals surface area contributed by atoms with Crippen LogP contribution in [0.4, 0.5) is 0 Å². The largest absolute Gasteiger partial charge is 0.496 e. The average molecular weight is 424 g/mol. The van der Waals surface area contributed by atoms with Gasteiger partial charge >= 0.3 is 0 Å². The van der Waals surface area contributed by atoms with Crippen molar-refractivity contribution in [3.63, 3.8) is 0 Å². The van der Waals surface area contributed by atoms with Crippen molar-refractivity contribution >= 4 is 17.5 Å². The molecule has 0 heterocycles. The maximum Gasteiger partial charge on any atom is 0.251 e. The molecule has 156 valence electrons. The van der Waals surface area contributed by atoms with E-state index in [1.165, 1.54) is 5.56 Å². The molecule has 3 aromatic carbocycles. The molecule has 3 rings (SSSR count). The molecule has 0 aliphatic carbocycles. The monoisotopic (exact) mass is 423 g/mol. The van der Waals surface area contributed by atoms with Crippen LogP contribution in [-0.2, 0) is 13.0 Å². The Bertz CT molecular complexity index is 975. The van der Waals surface area contributed by atoms with Crippen LogP contribution in [0.25, 0.3) is 0 Å². The zero-order valence-electron chi connectivity index (χ0n) is 17.2. The Kier molecular flexibility index (Phi) is 7.75. The van der Waals surface area contributed by atoms with Gasteiger partial charge in [-0.2, -0.15) is 0 Å². The van der Waals surface area contributed by atoms with Crippen LogP contribution in [0, 0.1) is 0 Å². The highest BCUT2D eigenvalue weighted by atomic mass is 35.5. The molecule has 0 saturated carbocycles. The lowest BCUT2D eigenvalue weighted by Crippen LogP contribution is -2.33. The zero-order chi connectivity index (χ0) is 21.3. The van der Waals surface area contributed by atoms with Gasteiger partial charge in [0.15, 0.2) is 0 Å². The number of carbonyl (C=O) groups excluding carboxylic acids is 1. The predicted octanol–water partition coefficient (Wildman–Crippen LogP) is 5.68. The zero-order valence-corrected chi connectivity index (χ0v) is 18.0. The van der Waals surface area contributed by atoms with E-state index >= 15 is 0 Å². The lowest BCUT2D eigenvalue weighted by molar-refractivity contribution is 0.0938. The minimum atomic E-state index is -0.109. The standard InChI is InChI=1S/C25H26ClNO3/c1-18(11-12-19-7-4-3-5-8-19)27-25(28)20-13-14-24(29-2)21(15-20)17-30-23-10-6-9-22(26)16-23/h3-10,13-16,18H,11-12,17H2,1-2H3,(H,27,28)/t18-/m0/s1. The normalized spacial score (nSPS) is 11.6. The van der Waals surface area contributed by atoms with Crippen LogP contribution in [0.1, 0.15) is 34.8 Å². The van der Waals surface area contributed by atoms with Gasteiger partial charge in [-0.1, -0.05) is 48.0 Å². The second-order valence-corrected chi connectivity index (χ2v) is 7.61. The van der Waals surface area contributed by atoms with Crippen LogP contribution in [0.2, 0.25) is 5.02 Å². The molecule has 4 nitrogen and oxygen atoms in total. The van der Waals surface area contributed by atoms with Crippen LogP contribution in [0.5, 0.6) is 11.5 Å². The number of benzene rings is 3. The molecule has 0 radical (unpaired) electrons. The van der Waals surface area contributed by atoms with Crippen molar-refractivity contribution in [1.29, 1.82) is 0 Å². The predicted molar refractivity (Wildman–Crippen MR) is 120 cm³/mol. The molecule has 0 unspecified atom stereocenters. The first-order valence-corrected chi connectivity index (χ1v) is 10.3. The second kappa shape index (κ2) is 10.7. The Morgan fingerprint density at radius 3 is 2.57 bits per heavy atom. The van der Waals surface area contributed by atoms with Gasteiger partial charge in [0.05, 0.1) is 7.11 Å². The number of carbonyl (C=O) groups is 1. The topological polar surface area (TPSA) is 47.6 Å². The highest BCUT2D eigenvalue weighted by molar-refractivity contribution is 6.30.